The molecule has 0 heterocycles. The van der Waals surface area contributed by atoms with Crippen molar-refractivity contribution in [1.82, 2.24) is 5.32 Å². The number of rotatable bonds is 5. The van der Waals surface area contributed by atoms with E-state index in [1.165, 1.54) is 19.1 Å². The molecule has 1 aliphatic carbocycles. The van der Waals surface area contributed by atoms with Crippen molar-refractivity contribution >= 4 is 29.1 Å². The highest BCUT2D eigenvalue weighted by Gasteiger charge is 2.45. The number of halogens is 2. The molecule has 2 aromatic rings. The number of carbonyl (C=O) groups is 2. The fourth-order valence-electron chi connectivity index (χ4n) is 3.26. The summed E-state index contributed by atoms with van der Waals surface area (Å²) in [5, 5.41) is 5.95. The topological polar surface area (TPSA) is 58.2 Å². The van der Waals surface area contributed by atoms with Crippen LogP contribution in [-0.2, 0) is 21.5 Å². The summed E-state index contributed by atoms with van der Waals surface area (Å²) >= 11 is 6.03. The quantitative estimate of drug-likeness (QED) is 0.825. The second kappa shape index (κ2) is 7.46. The van der Waals surface area contributed by atoms with Crippen LogP contribution in [0.25, 0.3) is 0 Å². The number of amides is 2. The van der Waals surface area contributed by atoms with Crippen molar-refractivity contribution in [2.75, 3.05) is 5.32 Å². The minimum atomic E-state index is -0.554. The van der Waals surface area contributed by atoms with E-state index < -0.39 is 11.2 Å². The molecule has 2 aromatic carbocycles. The van der Waals surface area contributed by atoms with E-state index in [4.69, 9.17) is 11.6 Å². The van der Waals surface area contributed by atoms with Crippen molar-refractivity contribution in [3.63, 3.8) is 0 Å². The molecule has 1 saturated carbocycles. The van der Waals surface area contributed by atoms with Crippen LogP contribution in [0.15, 0.2) is 42.5 Å². The molecular formula is C20H20ClFN2O2. The average Bonchev–Trinajstić information content (AvgIpc) is 2.54. The summed E-state index contributed by atoms with van der Waals surface area (Å²) in [5.41, 5.74) is 1.76. The largest absolute Gasteiger partial charge is 0.351 e. The van der Waals surface area contributed by atoms with Gasteiger partial charge in [-0.3, -0.25) is 9.59 Å². The molecule has 1 aliphatic rings. The third kappa shape index (κ3) is 3.73. The predicted octanol–water partition coefficient (Wildman–Crippen LogP) is 4.18. The van der Waals surface area contributed by atoms with Gasteiger partial charge in [0.1, 0.15) is 5.82 Å². The van der Waals surface area contributed by atoms with Gasteiger partial charge >= 0.3 is 0 Å². The number of carbonyl (C=O) groups excluding carboxylic acids is 2. The lowest BCUT2D eigenvalue weighted by Crippen LogP contribution is -2.49. The molecule has 26 heavy (non-hydrogen) atoms. The first-order valence-corrected chi connectivity index (χ1v) is 8.89. The third-order valence-corrected chi connectivity index (χ3v) is 5.21. The number of nitrogens with one attached hydrogen (secondary N) is 2. The Morgan fingerprint density at radius 3 is 2.38 bits per heavy atom. The van der Waals surface area contributed by atoms with Gasteiger partial charge in [-0.25, -0.2) is 4.39 Å². The molecule has 0 unspecified atom stereocenters. The molecule has 2 amide bonds. The van der Waals surface area contributed by atoms with E-state index in [2.05, 4.69) is 10.6 Å². The van der Waals surface area contributed by atoms with Crippen molar-refractivity contribution in [2.24, 2.45) is 0 Å². The zero-order chi connectivity index (χ0) is 18.7. The molecule has 0 aromatic heterocycles. The van der Waals surface area contributed by atoms with Gasteiger partial charge in [0.15, 0.2) is 0 Å². The van der Waals surface area contributed by atoms with E-state index in [0.717, 1.165) is 24.8 Å². The predicted molar refractivity (Wildman–Crippen MR) is 99.5 cm³/mol. The maximum absolute atomic E-state index is 13.1. The summed E-state index contributed by atoms with van der Waals surface area (Å²) in [4.78, 5) is 24.0. The molecule has 0 saturated heterocycles. The molecule has 6 heteroatoms. The Morgan fingerprint density at radius 1 is 1.15 bits per heavy atom. The normalized spacial score (nSPS) is 15.0. The lowest BCUT2D eigenvalue weighted by atomic mass is 9.63. The van der Waals surface area contributed by atoms with Gasteiger partial charge in [-0.2, -0.15) is 0 Å². The molecule has 0 aliphatic heterocycles. The Kier molecular flexibility index (Phi) is 5.28. The molecule has 3 rings (SSSR count). The average molecular weight is 375 g/mol. The van der Waals surface area contributed by atoms with Crippen molar-refractivity contribution in [2.45, 2.75) is 38.1 Å². The number of hydrogen-bond donors (Lipinski definition) is 2. The molecule has 136 valence electrons. The van der Waals surface area contributed by atoms with Crippen LogP contribution in [0.4, 0.5) is 10.1 Å². The van der Waals surface area contributed by atoms with Gasteiger partial charge < -0.3 is 10.6 Å². The summed E-state index contributed by atoms with van der Waals surface area (Å²) in [7, 11) is 0. The Labute approximate surface area is 156 Å². The zero-order valence-corrected chi connectivity index (χ0v) is 15.2. The van der Waals surface area contributed by atoms with Crippen molar-refractivity contribution < 1.29 is 14.0 Å². The maximum Gasteiger partial charge on any atom is 0.230 e. The summed E-state index contributed by atoms with van der Waals surface area (Å²) in [6.45, 7) is 1.71. The minimum Gasteiger partial charge on any atom is -0.351 e. The lowest BCUT2D eigenvalue weighted by molar-refractivity contribution is -0.130. The summed E-state index contributed by atoms with van der Waals surface area (Å²) in [5.74, 6) is -0.596. The first kappa shape index (κ1) is 18.4. The number of hydrogen-bond acceptors (Lipinski definition) is 2. The van der Waals surface area contributed by atoms with Crippen LogP contribution >= 0.6 is 11.6 Å². The summed E-state index contributed by atoms with van der Waals surface area (Å²) in [6.07, 6.45) is 2.53. The standard InChI is InChI=1S/C20H20ClFN2O2/c1-13(25)24-17-7-4-15(5-8-17)20(9-2-10-20)19(26)23-12-14-3-6-16(22)11-18(14)21/h3-8,11H,2,9-10,12H2,1H3,(H,23,26)(H,24,25). The van der Waals surface area contributed by atoms with Crippen LogP contribution < -0.4 is 10.6 Å². The van der Waals surface area contributed by atoms with Gasteiger partial charge in [-0.1, -0.05) is 36.2 Å². The third-order valence-electron chi connectivity index (χ3n) is 4.85. The molecule has 2 N–H and O–H groups in total. The van der Waals surface area contributed by atoms with E-state index in [9.17, 15) is 14.0 Å². The first-order chi connectivity index (χ1) is 12.4. The van der Waals surface area contributed by atoms with Crippen LogP contribution in [0.3, 0.4) is 0 Å². The van der Waals surface area contributed by atoms with Crippen LogP contribution in [-0.4, -0.2) is 11.8 Å². The van der Waals surface area contributed by atoms with Gasteiger partial charge in [0.25, 0.3) is 0 Å². The second-order valence-corrected chi connectivity index (χ2v) is 7.02. The van der Waals surface area contributed by atoms with Gasteiger partial charge in [-0.15, -0.1) is 0 Å². The monoisotopic (exact) mass is 374 g/mol. The van der Waals surface area contributed by atoms with E-state index in [1.54, 1.807) is 18.2 Å². The Morgan fingerprint density at radius 2 is 1.85 bits per heavy atom. The highest BCUT2D eigenvalue weighted by Crippen LogP contribution is 2.44. The second-order valence-electron chi connectivity index (χ2n) is 6.61. The van der Waals surface area contributed by atoms with E-state index in [0.29, 0.717) is 16.3 Å². The number of anilines is 1. The Balaban J connectivity index is 1.72. The summed E-state index contributed by atoms with van der Waals surface area (Å²) in [6, 6.07) is 11.5. The maximum atomic E-state index is 13.1. The van der Waals surface area contributed by atoms with Crippen molar-refractivity contribution in [3.05, 3.63) is 64.4 Å². The molecule has 0 atom stereocenters. The zero-order valence-electron chi connectivity index (χ0n) is 14.4. The Hall–Kier alpha value is -2.40. The van der Waals surface area contributed by atoms with E-state index >= 15 is 0 Å². The Bertz CT molecular complexity index is 832. The smallest absolute Gasteiger partial charge is 0.230 e. The fourth-order valence-corrected chi connectivity index (χ4v) is 3.50. The van der Waals surface area contributed by atoms with Gasteiger partial charge in [0.2, 0.25) is 11.8 Å². The lowest BCUT2D eigenvalue weighted by Gasteiger charge is -2.40. The highest BCUT2D eigenvalue weighted by atomic mass is 35.5. The van der Waals surface area contributed by atoms with Gasteiger partial charge in [-0.05, 0) is 48.2 Å². The molecule has 1 fully saturated rings. The molecule has 4 nitrogen and oxygen atoms in total. The van der Waals surface area contributed by atoms with Crippen LogP contribution in [0.2, 0.25) is 5.02 Å². The molecule has 0 radical (unpaired) electrons. The highest BCUT2D eigenvalue weighted by molar-refractivity contribution is 6.31. The summed E-state index contributed by atoms with van der Waals surface area (Å²) < 4.78 is 13.1. The van der Waals surface area contributed by atoms with Crippen molar-refractivity contribution in [1.29, 1.82) is 0 Å². The van der Waals surface area contributed by atoms with Crippen LogP contribution in [0, 0.1) is 5.82 Å². The fraction of sp³-hybridized carbons (Fsp3) is 0.300. The van der Waals surface area contributed by atoms with Gasteiger partial charge in [0, 0.05) is 24.2 Å². The number of benzene rings is 2. The van der Waals surface area contributed by atoms with Crippen LogP contribution in [0.1, 0.15) is 37.3 Å². The van der Waals surface area contributed by atoms with E-state index in [1.807, 2.05) is 12.1 Å². The molecule has 0 bridgehead atoms. The molecular weight excluding hydrogens is 355 g/mol. The minimum absolute atomic E-state index is 0.0589. The molecule has 0 spiro atoms. The van der Waals surface area contributed by atoms with Gasteiger partial charge in [0.05, 0.1) is 5.41 Å². The first-order valence-electron chi connectivity index (χ1n) is 8.51. The van der Waals surface area contributed by atoms with Crippen LogP contribution in [0.5, 0.6) is 0 Å². The van der Waals surface area contributed by atoms with Crippen molar-refractivity contribution in [3.8, 4) is 0 Å². The van der Waals surface area contributed by atoms with E-state index in [-0.39, 0.29) is 18.4 Å². The SMILES string of the molecule is CC(=O)Nc1ccc(C2(C(=O)NCc3ccc(F)cc3Cl)CCC2)cc1.